The maximum absolute atomic E-state index is 12.0. The molecule has 0 saturated carbocycles. The van der Waals surface area contributed by atoms with Crippen molar-refractivity contribution < 1.29 is 44.3 Å². The van der Waals surface area contributed by atoms with Crippen LogP contribution in [0.25, 0.3) is 16.8 Å². The Labute approximate surface area is 192 Å². The number of hydrogen-bond acceptors (Lipinski definition) is 3. The number of amides is 1. The Hall–Kier alpha value is -2.40. The molecule has 3 aromatic rings. The minimum atomic E-state index is -1.30. The average Bonchev–Trinajstić information content (AvgIpc) is 2.70. The van der Waals surface area contributed by atoms with Gasteiger partial charge in [-0.25, -0.2) is 0 Å². The molecule has 0 radical (unpaired) electrons. The summed E-state index contributed by atoms with van der Waals surface area (Å²) in [6.45, 7) is 0. The molecule has 5 heteroatoms. The van der Waals surface area contributed by atoms with E-state index in [0.29, 0.717) is 6.42 Å². The number of rotatable bonds is 8. The van der Waals surface area contributed by atoms with Crippen LogP contribution in [0.4, 0.5) is 5.69 Å². The number of nitrogens with one attached hydrogen (secondary N) is 1. The number of para-hydroxylation sites is 1. The Bertz CT molecular complexity index is 1010. The Balaban J connectivity index is 0.00000300. The molecule has 0 heterocycles. The summed E-state index contributed by atoms with van der Waals surface area (Å²) in [6, 6.07) is 20.9. The zero-order valence-electron chi connectivity index (χ0n) is 16.6. The van der Waals surface area contributed by atoms with Crippen LogP contribution in [0.15, 0.2) is 72.8 Å². The minimum Gasteiger partial charge on any atom is -0.545 e. The second-order valence-electron chi connectivity index (χ2n) is 6.64. The number of anilines is 1. The van der Waals surface area contributed by atoms with E-state index < -0.39 is 5.97 Å². The monoisotopic (exact) mass is 395 g/mol. The number of fused-ring (bicyclic) bond motifs is 1. The van der Waals surface area contributed by atoms with Crippen LogP contribution in [0.3, 0.4) is 0 Å². The maximum Gasteiger partial charge on any atom is 1.00 e. The second kappa shape index (κ2) is 11.6. The van der Waals surface area contributed by atoms with E-state index in [2.05, 4.69) is 47.8 Å². The van der Waals surface area contributed by atoms with Crippen molar-refractivity contribution in [3.05, 3.63) is 83.9 Å². The molecule has 0 saturated heterocycles. The zero-order valence-corrected chi connectivity index (χ0v) is 18.6. The number of allylic oxidation sites excluding steroid dienone is 1. The van der Waals surface area contributed by atoms with Crippen molar-refractivity contribution in [2.45, 2.75) is 25.7 Å². The largest absolute Gasteiger partial charge is 1.00 e. The van der Waals surface area contributed by atoms with Crippen LogP contribution in [0.2, 0.25) is 0 Å². The molecule has 0 spiro atoms. The Morgan fingerprint density at radius 2 is 1.62 bits per heavy atom. The van der Waals surface area contributed by atoms with E-state index in [1.54, 1.807) is 18.2 Å². The van der Waals surface area contributed by atoms with Gasteiger partial charge in [-0.2, -0.15) is 0 Å². The number of carboxylic acid groups (broad SMARTS) is 1. The molecule has 1 amide bonds. The third kappa shape index (κ3) is 6.86. The van der Waals surface area contributed by atoms with Crippen LogP contribution in [0, 0.1) is 0 Å². The van der Waals surface area contributed by atoms with Crippen LogP contribution in [-0.2, 0) is 4.79 Å². The quantitative estimate of drug-likeness (QED) is 0.463. The normalized spacial score (nSPS) is 10.6. The molecule has 3 aromatic carbocycles. The van der Waals surface area contributed by atoms with Gasteiger partial charge < -0.3 is 15.2 Å². The van der Waals surface area contributed by atoms with Gasteiger partial charge in [-0.1, -0.05) is 66.7 Å². The SMILES string of the molecule is O=C(CCCC/C=C/c1ccc2ccccc2c1)Nc1ccccc1C(=O)[O-].[Na+]. The molecule has 0 aliphatic heterocycles. The number of unbranched alkanes of at least 4 members (excludes halogenated alkanes) is 2. The molecule has 3 rings (SSSR count). The molecule has 0 bridgehead atoms. The first-order chi connectivity index (χ1) is 13.6. The molecular weight excluding hydrogens is 373 g/mol. The van der Waals surface area contributed by atoms with Gasteiger partial charge >= 0.3 is 29.6 Å². The van der Waals surface area contributed by atoms with Gasteiger partial charge in [0.2, 0.25) is 5.91 Å². The van der Waals surface area contributed by atoms with Crippen LogP contribution in [0.1, 0.15) is 41.6 Å². The number of carbonyl (C=O) groups is 2. The summed E-state index contributed by atoms with van der Waals surface area (Å²) in [4.78, 5) is 23.1. The molecule has 0 aliphatic carbocycles. The predicted molar refractivity (Wildman–Crippen MR) is 111 cm³/mol. The van der Waals surface area contributed by atoms with E-state index in [1.165, 1.54) is 16.8 Å². The van der Waals surface area contributed by atoms with Crippen LogP contribution in [-0.4, -0.2) is 11.9 Å². The molecule has 0 aromatic heterocycles. The van der Waals surface area contributed by atoms with E-state index in [9.17, 15) is 14.7 Å². The third-order valence-electron chi connectivity index (χ3n) is 4.53. The van der Waals surface area contributed by atoms with Crippen molar-refractivity contribution in [1.29, 1.82) is 0 Å². The van der Waals surface area contributed by atoms with Crippen molar-refractivity contribution >= 4 is 34.4 Å². The first-order valence-corrected chi connectivity index (χ1v) is 9.39. The number of aromatic carboxylic acids is 1. The first-order valence-electron chi connectivity index (χ1n) is 9.39. The summed E-state index contributed by atoms with van der Waals surface area (Å²) >= 11 is 0. The summed E-state index contributed by atoms with van der Waals surface area (Å²) in [5.41, 5.74) is 1.44. The van der Waals surface area contributed by atoms with Crippen LogP contribution >= 0.6 is 0 Å². The summed E-state index contributed by atoms with van der Waals surface area (Å²) in [5.74, 6) is -1.48. The van der Waals surface area contributed by atoms with Gasteiger partial charge in [-0.15, -0.1) is 0 Å². The summed E-state index contributed by atoms with van der Waals surface area (Å²) in [7, 11) is 0. The number of hydrogen-bond donors (Lipinski definition) is 1. The molecule has 29 heavy (non-hydrogen) atoms. The Kier molecular flexibility index (Phi) is 9.13. The van der Waals surface area contributed by atoms with Gasteiger partial charge in [-0.3, -0.25) is 4.79 Å². The third-order valence-corrected chi connectivity index (χ3v) is 4.53. The van der Waals surface area contributed by atoms with Crippen molar-refractivity contribution in [3.8, 4) is 0 Å². The average molecular weight is 395 g/mol. The Morgan fingerprint density at radius 1 is 0.897 bits per heavy atom. The molecule has 142 valence electrons. The number of benzene rings is 3. The minimum absolute atomic E-state index is 0. The summed E-state index contributed by atoms with van der Waals surface area (Å²) < 4.78 is 0. The topological polar surface area (TPSA) is 69.2 Å². The fourth-order valence-corrected chi connectivity index (χ4v) is 3.06. The van der Waals surface area contributed by atoms with Crippen LogP contribution in [0.5, 0.6) is 0 Å². The van der Waals surface area contributed by atoms with Gasteiger partial charge in [0.25, 0.3) is 0 Å². The van der Waals surface area contributed by atoms with Gasteiger partial charge in [0.15, 0.2) is 0 Å². The number of carbonyl (C=O) groups excluding carboxylic acids is 2. The van der Waals surface area contributed by atoms with Gasteiger partial charge in [0, 0.05) is 17.7 Å². The van der Waals surface area contributed by atoms with E-state index >= 15 is 0 Å². The zero-order chi connectivity index (χ0) is 19.8. The van der Waals surface area contributed by atoms with Crippen LogP contribution < -0.4 is 40.0 Å². The molecule has 1 N–H and O–H groups in total. The molecule has 0 fully saturated rings. The van der Waals surface area contributed by atoms with Crippen molar-refractivity contribution in [3.63, 3.8) is 0 Å². The molecule has 0 atom stereocenters. The summed E-state index contributed by atoms with van der Waals surface area (Å²) in [5, 5.41) is 16.2. The van der Waals surface area contributed by atoms with Gasteiger partial charge in [0.1, 0.15) is 0 Å². The molecular formula is C24H22NNaO3. The number of carboxylic acids is 1. The van der Waals surface area contributed by atoms with Crippen molar-refractivity contribution in [2.75, 3.05) is 5.32 Å². The van der Waals surface area contributed by atoms with E-state index in [-0.39, 0.29) is 46.7 Å². The maximum atomic E-state index is 12.0. The second-order valence-corrected chi connectivity index (χ2v) is 6.64. The van der Waals surface area contributed by atoms with Gasteiger partial charge in [-0.05, 0) is 47.7 Å². The Morgan fingerprint density at radius 3 is 2.41 bits per heavy atom. The van der Waals surface area contributed by atoms with Crippen molar-refractivity contribution in [2.24, 2.45) is 0 Å². The van der Waals surface area contributed by atoms with E-state index in [4.69, 9.17) is 0 Å². The standard InChI is InChI=1S/C24H23NO3.Na/c26-23(25-22-13-8-7-12-21(22)24(27)28)14-4-2-1-3-9-18-15-16-19-10-5-6-11-20(19)17-18;/h3,5-13,15-17H,1-2,4,14H2,(H,25,26)(H,27,28);/q;+1/p-1/b9-3+;. The fraction of sp³-hybridized carbons (Fsp3) is 0.167. The van der Waals surface area contributed by atoms with E-state index in [1.807, 2.05) is 12.1 Å². The summed E-state index contributed by atoms with van der Waals surface area (Å²) in [6.07, 6.45) is 7.08. The first kappa shape index (κ1) is 22.9. The molecule has 0 unspecified atom stereocenters. The smallest absolute Gasteiger partial charge is 0.545 e. The fourth-order valence-electron chi connectivity index (χ4n) is 3.06. The molecule has 4 nitrogen and oxygen atoms in total. The van der Waals surface area contributed by atoms with Gasteiger partial charge in [0.05, 0.1) is 5.97 Å². The van der Waals surface area contributed by atoms with E-state index in [0.717, 1.165) is 24.8 Å². The molecule has 0 aliphatic rings. The van der Waals surface area contributed by atoms with Crippen molar-refractivity contribution in [1.82, 2.24) is 0 Å². The predicted octanol–water partition coefficient (Wildman–Crippen LogP) is 1.42.